The predicted molar refractivity (Wildman–Crippen MR) is 120 cm³/mol. The third kappa shape index (κ3) is 4.26. The highest BCUT2D eigenvalue weighted by molar-refractivity contribution is 6.62. The first-order valence-corrected chi connectivity index (χ1v) is 10.2. The topological polar surface area (TPSA) is 47.6 Å². The van der Waals surface area contributed by atoms with Crippen LogP contribution in [-0.2, 0) is 14.7 Å². The van der Waals surface area contributed by atoms with Crippen LogP contribution >= 0.6 is 0 Å². The van der Waals surface area contributed by atoms with Gasteiger partial charge in [-0.05, 0) is 74.8 Å². The minimum absolute atomic E-state index is 0.0797. The average molecular weight is 393 g/mol. The van der Waals surface area contributed by atoms with E-state index in [2.05, 4.69) is 38.2 Å². The quantitative estimate of drug-likeness (QED) is 0.759. The van der Waals surface area contributed by atoms with E-state index in [9.17, 15) is 4.79 Å². The Labute approximate surface area is 175 Å². The Hall–Kier alpha value is -2.11. The fraction of sp³-hybridized carbons (Fsp3) is 0.458. The van der Waals surface area contributed by atoms with Gasteiger partial charge in [0.15, 0.2) is 0 Å². The number of carbonyl (C=O) groups is 1. The van der Waals surface area contributed by atoms with E-state index in [1.165, 1.54) is 5.56 Å². The SMILES string of the molecule is Cc1c(B2OC(C)(C)C(C)(C)O2)cccc1C(=O)Nc1ccc(C(C)(C)C)cc1. The monoisotopic (exact) mass is 393 g/mol. The van der Waals surface area contributed by atoms with Crippen molar-refractivity contribution in [3.05, 3.63) is 59.2 Å². The molecule has 0 radical (unpaired) electrons. The molecular formula is C24H32BNO3. The highest BCUT2D eigenvalue weighted by atomic mass is 16.7. The van der Waals surface area contributed by atoms with Crippen LogP contribution < -0.4 is 10.8 Å². The van der Waals surface area contributed by atoms with E-state index in [1.807, 2.05) is 65.0 Å². The number of carbonyl (C=O) groups excluding carboxylic acids is 1. The molecule has 154 valence electrons. The van der Waals surface area contributed by atoms with Gasteiger partial charge < -0.3 is 14.6 Å². The van der Waals surface area contributed by atoms with Crippen LogP contribution in [0.25, 0.3) is 0 Å². The van der Waals surface area contributed by atoms with Gasteiger partial charge in [0.1, 0.15) is 0 Å². The lowest BCUT2D eigenvalue weighted by Crippen LogP contribution is -2.41. The maximum atomic E-state index is 12.9. The summed E-state index contributed by atoms with van der Waals surface area (Å²) < 4.78 is 12.4. The fourth-order valence-electron chi connectivity index (χ4n) is 3.38. The van der Waals surface area contributed by atoms with Gasteiger partial charge in [-0.2, -0.15) is 0 Å². The molecule has 0 bridgehead atoms. The zero-order valence-corrected chi connectivity index (χ0v) is 18.8. The first kappa shape index (κ1) is 21.6. The third-order valence-corrected chi connectivity index (χ3v) is 6.14. The van der Waals surface area contributed by atoms with E-state index < -0.39 is 18.3 Å². The van der Waals surface area contributed by atoms with Gasteiger partial charge in [0.05, 0.1) is 11.2 Å². The summed E-state index contributed by atoms with van der Waals surface area (Å²) in [5.74, 6) is -0.135. The van der Waals surface area contributed by atoms with Crippen molar-refractivity contribution in [1.82, 2.24) is 0 Å². The molecule has 2 aromatic rings. The normalized spacial score (nSPS) is 18.0. The van der Waals surface area contributed by atoms with Gasteiger partial charge in [-0.1, -0.05) is 45.0 Å². The second-order valence-corrected chi connectivity index (χ2v) is 9.89. The summed E-state index contributed by atoms with van der Waals surface area (Å²) in [6, 6.07) is 13.7. The summed E-state index contributed by atoms with van der Waals surface area (Å²) in [5.41, 5.74) is 3.63. The Morgan fingerprint density at radius 2 is 1.48 bits per heavy atom. The Kier molecular flexibility index (Phi) is 5.44. The van der Waals surface area contributed by atoms with Gasteiger partial charge in [-0.3, -0.25) is 4.79 Å². The van der Waals surface area contributed by atoms with Crippen molar-refractivity contribution in [2.75, 3.05) is 5.32 Å². The Balaban J connectivity index is 1.82. The van der Waals surface area contributed by atoms with Crippen LogP contribution in [0.4, 0.5) is 5.69 Å². The molecule has 0 atom stereocenters. The number of nitrogens with one attached hydrogen (secondary N) is 1. The second kappa shape index (κ2) is 7.30. The van der Waals surface area contributed by atoms with Crippen LogP contribution in [0.3, 0.4) is 0 Å². The number of benzene rings is 2. The molecule has 1 amide bonds. The minimum Gasteiger partial charge on any atom is -0.399 e. The Bertz CT molecular complexity index is 895. The number of hydrogen-bond acceptors (Lipinski definition) is 3. The molecule has 4 nitrogen and oxygen atoms in total. The first-order chi connectivity index (χ1) is 13.3. The molecule has 5 heteroatoms. The molecule has 1 heterocycles. The van der Waals surface area contributed by atoms with Crippen LogP contribution in [0.15, 0.2) is 42.5 Å². The summed E-state index contributed by atoms with van der Waals surface area (Å²) >= 11 is 0. The molecule has 2 aromatic carbocycles. The summed E-state index contributed by atoms with van der Waals surface area (Å²) in [5, 5.41) is 3.01. The van der Waals surface area contributed by atoms with E-state index in [0.29, 0.717) is 5.56 Å². The van der Waals surface area contributed by atoms with Gasteiger partial charge in [0.2, 0.25) is 0 Å². The zero-order valence-electron chi connectivity index (χ0n) is 18.8. The van der Waals surface area contributed by atoms with Crippen LogP contribution in [0.1, 0.15) is 70.0 Å². The molecule has 1 N–H and O–H groups in total. The predicted octanol–water partition coefficient (Wildman–Crippen LogP) is 4.84. The van der Waals surface area contributed by atoms with Gasteiger partial charge >= 0.3 is 7.12 Å². The van der Waals surface area contributed by atoms with E-state index in [4.69, 9.17) is 9.31 Å². The van der Waals surface area contributed by atoms with Crippen molar-refractivity contribution < 1.29 is 14.1 Å². The second-order valence-electron chi connectivity index (χ2n) is 9.89. The molecule has 0 saturated carbocycles. The van der Waals surface area contributed by atoms with Crippen molar-refractivity contribution in [2.24, 2.45) is 0 Å². The molecule has 0 unspecified atom stereocenters. The number of hydrogen-bond donors (Lipinski definition) is 1. The largest absolute Gasteiger partial charge is 0.495 e. The van der Waals surface area contributed by atoms with Crippen molar-refractivity contribution in [1.29, 1.82) is 0 Å². The first-order valence-electron chi connectivity index (χ1n) is 10.2. The fourth-order valence-corrected chi connectivity index (χ4v) is 3.38. The molecule has 0 aromatic heterocycles. The summed E-state index contributed by atoms with van der Waals surface area (Å²) in [7, 11) is -0.487. The number of anilines is 1. The van der Waals surface area contributed by atoms with Crippen molar-refractivity contribution in [2.45, 2.75) is 72.0 Å². The van der Waals surface area contributed by atoms with E-state index in [-0.39, 0.29) is 11.3 Å². The maximum absolute atomic E-state index is 12.9. The van der Waals surface area contributed by atoms with E-state index in [1.54, 1.807) is 0 Å². The van der Waals surface area contributed by atoms with Crippen LogP contribution in [0, 0.1) is 6.92 Å². The van der Waals surface area contributed by atoms with Crippen LogP contribution in [0.5, 0.6) is 0 Å². The van der Waals surface area contributed by atoms with E-state index in [0.717, 1.165) is 16.7 Å². The summed E-state index contributed by atoms with van der Waals surface area (Å²) in [4.78, 5) is 12.9. The minimum atomic E-state index is -0.487. The molecule has 1 fully saturated rings. The van der Waals surface area contributed by atoms with Gasteiger partial charge in [-0.25, -0.2) is 0 Å². The lowest BCUT2D eigenvalue weighted by atomic mass is 9.75. The van der Waals surface area contributed by atoms with E-state index >= 15 is 0 Å². The molecule has 29 heavy (non-hydrogen) atoms. The Morgan fingerprint density at radius 1 is 0.931 bits per heavy atom. The number of rotatable bonds is 3. The van der Waals surface area contributed by atoms with Gasteiger partial charge in [0.25, 0.3) is 5.91 Å². The third-order valence-electron chi connectivity index (χ3n) is 6.14. The maximum Gasteiger partial charge on any atom is 0.495 e. The van der Waals surface area contributed by atoms with Crippen molar-refractivity contribution in [3.63, 3.8) is 0 Å². The Morgan fingerprint density at radius 3 is 2.00 bits per heavy atom. The van der Waals surface area contributed by atoms with Crippen LogP contribution in [-0.4, -0.2) is 24.2 Å². The molecule has 1 aliphatic heterocycles. The average Bonchev–Trinajstić information content (AvgIpc) is 2.82. The molecule has 1 saturated heterocycles. The molecule has 1 aliphatic rings. The lowest BCUT2D eigenvalue weighted by molar-refractivity contribution is 0.00578. The lowest BCUT2D eigenvalue weighted by Gasteiger charge is -2.32. The number of amides is 1. The van der Waals surface area contributed by atoms with Crippen molar-refractivity contribution >= 4 is 24.2 Å². The summed E-state index contributed by atoms with van der Waals surface area (Å²) in [6.45, 7) is 16.6. The molecule has 0 spiro atoms. The van der Waals surface area contributed by atoms with Crippen LogP contribution in [0.2, 0.25) is 0 Å². The van der Waals surface area contributed by atoms with Gasteiger partial charge in [0, 0.05) is 11.3 Å². The highest BCUT2D eigenvalue weighted by Crippen LogP contribution is 2.36. The molecule has 0 aliphatic carbocycles. The zero-order chi connectivity index (χ0) is 21.6. The standard InChI is InChI=1S/C24H32BNO3/c1-16-19(21(27)26-18-14-12-17(13-15-18)22(2,3)4)10-9-11-20(16)25-28-23(5,6)24(7,8)29-25/h9-15H,1-8H3,(H,26,27). The summed E-state index contributed by atoms with van der Waals surface area (Å²) in [6.07, 6.45) is 0. The smallest absolute Gasteiger partial charge is 0.399 e. The van der Waals surface area contributed by atoms with Crippen molar-refractivity contribution in [3.8, 4) is 0 Å². The van der Waals surface area contributed by atoms with Gasteiger partial charge in [-0.15, -0.1) is 0 Å². The molecular weight excluding hydrogens is 361 g/mol. The molecule has 3 rings (SSSR count). The highest BCUT2D eigenvalue weighted by Gasteiger charge is 2.52.